The van der Waals surface area contributed by atoms with Crippen molar-refractivity contribution in [1.82, 2.24) is 10.2 Å². The number of nitrogens with zero attached hydrogens (tertiary/aromatic N) is 1. The maximum absolute atomic E-state index is 11.6. The van der Waals surface area contributed by atoms with Gasteiger partial charge in [0.25, 0.3) is 0 Å². The van der Waals surface area contributed by atoms with E-state index in [-0.39, 0.29) is 0 Å². The van der Waals surface area contributed by atoms with Crippen molar-refractivity contribution < 1.29 is 4.79 Å². The molecular weight excluding hydrogens is 176 g/mol. The molecule has 14 heavy (non-hydrogen) atoms. The van der Waals surface area contributed by atoms with Crippen molar-refractivity contribution in [3.63, 3.8) is 0 Å². The largest absolute Gasteiger partial charge is 0.343 e. The first-order valence-electron chi connectivity index (χ1n) is 5.75. The van der Waals surface area contributed by atoms with E-state index >= 15 is 0 Å². The second-order valence-corrected chi connectivity index (χ2v) is 4.10. The van der Waals surface area contributed by atoms with Crippen LogP contribution in [-0.2, 0) is 4.79 Å². The summed E-state index contributed by atoms with van der Waals surface area (Å²) in [6.45, 7) is 7.08. The van der Waals surface area contributed by atoms with Gasteiger partial charge in [-0.05, 0) is 26.2 Å². The molecule has 0 aliphatic carbocycles. The number of likely N-dealkylation sites (tertiary alicyclic amines) is 1. The van der Waals surface area contributed by atoms with E-state index in [9.17, 15) is 4.79 Å². The van der Waals surface area contributed by atoms with E-state index in [2.05, 4.69) is 19.2 Å². The predicted molar refractivity (Wildman–Crippen MR) is 58.2 cm³/mol. The van der Waals surface area contributed by atoms with Gasteiger partial charge in [-0.25, -0.2) is 0 Å². The molecule has 0 bridgehead atoms. The van der Waals surface area contributed by atoms with E-state index in [1.165, 1.54) is 12.8 Å². The maximum atomic E-state index is 11.6. The molecule has 3 nitrogen and oxygen atoms in total. The van der Waals surface area contributed by atoms with Gasteiger partial charge in [-0.2, -0.15) is 0 Å². The van der Waals surface area contributed by atoms with Crippen LogP contribution in [0, 0.1) is 0 Å². The Bertz CT molecular complexity index is 176. The van der Waals surface area contributed by atoms with Crippen molar-refractivity contribution in [1.29, 1.82) is 0 Å². The Morgan fingerprint density at radius 3 is 2.64 bits per heavy atom. The van der Waals surface area contributed by atoms with Gasteiger partial charge in [-0.1, -0.05) is 6.92 Å². The number of carbonyl (C=O) groups is 1. The summed E-state index contributed by atoms with van der Waals surface area (Å²) in [5, 5.41) is 3.34. The first kappa shape index (κ1) is 11.5. The summed E-state index contributed by atoms with van der Waals surface area (Å²) in [7, 11) is 0. The molecule has 1 heterocycles. The lowest BCUT2D eigenvalue weighted by atomic mass is 10.2. The van der Waals surface area contributed by atoms with Gasteiger partial charge in [-0.15, -0.1) is 0 Å². The summed E-state index contributed by atoms with van der Waals surface area (Å²) in [6, 6.07) is 0.529. The van der Waals surface area contributed by atoms with Crippen LogP contribution < -0.4 is 5.32 Å². The van der Waals surface area contributed by atoms with Gasteiger partial charge in [0.05, 0.1) is 0 Å². The lowest BCUT2D eigenvalue weighted by Gasteiger charge is -2.16. The van der Waals surface area contributed by atoms with E-state index in [0.717, 1.165) is 26.1 Å². The summed E-state index contributed by atoms with van der Waals surface area (Å²) >= 11 is 0. The monoisotopic (exact) mass is 198 g/mol. The van der Waals surface area contributed by atoms with Crippen LogP contribution in [0.1, 0.15) is 39.5 Å². The molecule has 0 spiro atoms. The molecule has 82 valence electrons. The zero-order valence-electron chi connectivity index (χ0n) is 9.38. The maximum Gasteiger partial charge on any atom is 0.223 e. The Hall–Kier alpha value is -0.570. The average Bonchev–Trinajstić information content (AvgIpc) is 2.70. The van der Waals surface area contributed by atoms with Crippen LogP contribution in [0.15, 0.2) is 0 Å². The molecule has 1 rings (SSSR count). The molecule has 1 atom stereocenters. The first-order valence-corrected chi connectivity index (χ1v) is 5.75. The van der Waals surface area contributed by atoms with Gasteiger partial charge >= 0.3 is 0 Å². The second-order valence-electron chi connectivity index (χ2n) is 4.10. The predicted octanol–water partition coefficient (Wildman–Crippen LogP) is 1.39. The molecule has 1 aliphatic rings. The molecule has 3 heteroatoms. The normalized spacial score (nSPS) is 18.6. The summed E-state index contributed by atoms with van der Waals surface area (Å²) in [5.74, 6) is 0.318. The lowest BCUT2D eigenvalue weighted by molar-refractivity contribution is -0.130. The third-order valence-corrected chi connectivity index (χ3v) is 2.90. The SMILES string of the molecule is CCC(C)NCCC(=O)N1CCCC1. The van der Waals surface area contributed by atoms with Crippen LogP contribution in [0.2, 0.25) is 0 Å². The van der Waals surface area contributed by atoms with Crippen LogP contribution in [-0.4, -0.2) is 36.5 Å². The molecule has 1 aliphatic heterocycles. The second kappa shape index (κ2) is 6.02. The van der Waals surface area contributed by atoms with Crippen LogP contribution in [0.3, 0.4) is 0 Å². The number of carbonyl (C=O) groups excluding carboxylic acids is 1. The fraction of sp³-hybridized carbons (Fsp3) is 0.909. The number of rotatable bonds is 5. The first-order chi connectivity index (χ1) is 6.74. The average molecular weight is 198 g/mol. The van der Waals surface area contributed by atoms with Gasteiger partial charge in [0, 0.05) is 32.1 Å². The van der Waals surface area contributed by atoms with E-state index in [1.807, 2.05) is 4.90 Å². The highest BCUT2D eigenvalue weighted by Crippen LogP contribution is 2.08. The number of hydrogen-bond acceptors (Lipinski definition) is 2. The summed E-state index contributed by atoms with van der Waals surface area (Å²) in [5.41, 5.74) is 0. The minimum atomic E-state index is 0.318. The van der Waals surface area contributed by atoms with Crippen molar-refractivity contribution in [3.8, 4) is 0 Å². The topological polar surface area (TPSA) is 32.3 Å². The number of nitrogens with one attached hydrogen (secondary N) is 1. The molecule has 0 saturated carbocycles. The van der Waals surface area contributed by atoms with E-state index in [0.29, 0.717) is 18.4 Å². The Labute approximate surface area is 86.9 Å². The highest BCUT2D eigenvalue weighted by Gasteiger charge is 2.16. The molecule has 0 aromatic heterocycles. The molecule has 0 radical (unpaired) electrons. The van der Waals surface area contributed by atoms with Gasteiger partial charge < -0.3 is 10.2 Å². The minimum Gasteiger partial charge on any atom is -0.343 e. The molecule has 0 aromatic carbocycles. The fourth-order valence-corrected chi connectivity index (χ4v) is 1.69. The van der Waals surface area contributed by atoms with Crippen molar-refractivity contribution in [3.05, 3.63) is 0 Å². The van der Waals surface area contributed by atoms with Gasteiger partial charge in [-0.3, -0.25) is 4.79 Å². The smallest absolute Gasteiger partial charge is 0.223 e. The highest BCUT2D eigenvalue weighted by molar-refractivity contribution is 5.76. The third-order valence-electron chi connectivity index (χ3n) is 2.90. The fourth-order valence-electron chi connectivity index (χ4n) is 1.69. The Kier molecular flexibility index (Phi) is 4.94. The summed E-state index contributed by atoms with van der Waals surface area (Å²) < 4.78 is 0. The van der Waals surface area contributed by atoms with E-state index in [1.54, 1.807) is 0 Å². The number of amides is 1. The molecular formula is C11H22N2O. The van der Waals surface area contributed by atoms with Gasteiger partial charge in [0.1, 0.15) is 0 Å². The third kappa shape index (κ3) is 3.66. The molecule has 0 aromatic rings. The van der Waals surface area contributed by atoms with Crippen molar-refractivity contribution >= 4 is 5.91 Å². The zero-order valence-corrected chi connectivity index (χ0v) is 9.38. The Morgan fingerprint density at radius 2 is 2.07 bits per heavy atom. The van der Waals surface area contributed by atoms with Crippen LogP contribution >= 0.6 is 0 Å². The molecule has 1 amide bonds. The Morgan fingerprint density at radius 1 is 1.43 bits per heavy atom. The number of hydrogen-bond donors (Lipinski definition) is 1. The van der Waals surface area contributed by atoms with Gasteiger partial charge in [0.15, 0.2) is 0 Å². The van der Waals surface area contributed by atoms with E-state index < -0.39 is 0 Å². The zero-order chi connectivity index (χ0) is 10.4. The minimum absolute atomic E-state index is 0.318. The molecule has 1 fully saturated rings. The van der Waals surface area contributed by atoms with Crippen LogP contribution in [0.5, 0.6) is 0 Å². The Balaban J connectivity index is 2.08. The molecule has 1 saturated heterocycles. The quantitative estimate of drug-likeness (QED) is 0.724. The van der Waals surface area contributed by atoms with E-state index in [4.69, 9.17) is 0 Å². The van der Waals surface area contributed by atoms with Gasteiger partial charge in [0.2, 0.25) is 5.91 Å². The molecule has 1 unspecified atom stereocenters. The van der Waals surface area contributed by atoms with Crippen molar-refractivity contribution in [2.75, 3.05) is 19.6 Å². The van der Waals surface area contributed by atoms with Crippen molar-refractivity contribution in [2.24, 2.45) is 0 Å². The highest BCUT2D eigenvalue weighted by atomic mass is 16.2. The standard InChI is InChI=1S/C11H22N2O/c1-3-10(2)12-7-6-11(14)13-8-4-5-9-13/h10,12H,3-9H2,1-2H3. The summed E-state index contributed by atoms with van der Waals surface area (Å²) in [4.78, 5) is 13.6. The lowest BCUT2D eigenvalue weighted by Crippen LogP contribution is -2.33. The summed E-state index contributed by atoms with van der Waals surface area (Å²) in [6.07, 6.45) is 4.15. The van der Waals surface area contributed by atoms with Crippen molar-refractivity contribution in [2.45, 2.75) is 45.6 Å². The van der Waals surface area contributed by atoms with Crippen LogP contribution in [0.25, 0.3) is 0 Å². The van der Waals surface area contributed by atoms with Crippen LogP contribution in [0.4, 0.5) is 0 Å². The molecule has 1 N–H and O–H groups in total.